The van der Waals surface area contributed by atoms with Gasteiger partial charge in [0.05, 0.1) is 6.61 Å². The smallest absolute Gasteiger partial charge is 0.124 e. The first-order valence-electron chi connectivity index (χ1n) is 10.1. The molecular formula is C23H31ClN2O2. The lowest BCUT2D eigenvalue weighted by molar-refractivity contribution is -0.0147. The molecule has 4 nitrogen and oxygen atoms in total. The van der Waals surface area contributed by atoms with Crippen LogP contribution in [0.25, 0.3) is 0 Å². The fourth-order valence-electron chi connectivity index (χ4n) is 4.27. The largest absolute Gasteiger partial charge is 0.494 e. The third-order valence-corrected chi connectivity index (χ3v) is 5.77. The van der Waals surface area contributed by atoms with E-state index in [9.17, 15) is 0 Å². The van der Waals surface area contributed by atoms with E-state index >= 15 is 0 Å². The highest BCUT2D eigenvalue weighted by molar-refractivity contribution is 5.85. The van der Waals surface area contributed by atoms with Gasteiger partial charge in [0, 0.05) is 56.7 Å². The molecule has 1 spiro atoms. The van der Waals surface area contributed by atoms with Gasteiger partial charge in [-0.15, -0.1) is 12.4 Å². The van der Waals surface area contributed by atoms with E-state index in [0.717, 1.165) is 57.1 Å². The lowest BCUT2D eigenvalue weighted by atomic mass is 9.90. The van der Waals surface area contributed by atoms with Gasteiger partial charge >= 0.3 is 0 Å². The van der Waals surface area contributed by atoms with Crippen molar-refractivity contribution in [2.75, 3.05) is 33.3 Å². The zero-order valence-electron chi connectivity index (χ0n) is 16.9. The van der Waals surface area contributed by atoms with Crippen molar-refractivity contribution in [1.82, 2.24) is 9.80 Å². The first-order chi connectivity index (χ1) is 13.2. The molecule has 0 unspecified atom stereocenters. The van der Waals surface area contributed by atoms with Crippen LogP contribution in [-0.4, -0.2) is 48.7 Å². The van der Waals surface area contributed by atoms with E-state index in [1.54, 1.807) is 0 Å². The first-order valence-corrected chi connectivity index (χ1v) is 10.1. The molecule has 4 rings (SSSR count). The number of nitrogens with zero attached hydrogens (tertiary/aromatic N) is 2. The summed E-state index contributed by atoms with van der Waals surface area (Å²) in [4.78, 5) is 4.94. The first kappa shape index (κ1) is 21.0. The lowest BCUT2D eigenvalue weighted by Gasteiger charge is -2.42. The molecule has 0 saturated carbocycles. The van der Waals surface area contributed by atoms with E-state index in [1.807, 2.05) is 13.0 Å². The van der Waals surface area contributed by atoms with Crippen molar-refractivity contribution in [1.29, 1.82) is 0 Å². The molecule has 152 valence electrons. The van der Waals surface area contributed by atoms with Gasteiger partial charge in [-0.1, -0.05) is 36.4 Å². The van der Waals surface area contributed by atoms with Crippen LogP contribution in [0.5, 0.6) is 11.5 Å². The van der Waals surface area contributed by atoms with Gasteiger partial charge in [0.1, 0.15) is 17.1 Å². The SMILES string of the molecule is CCOc1ccccc1CN1Cc2ccccc2OC2(CCN(C)CC2)C1.Cl. The fraction of sp³-hybridized carbons (Fsp3) is 0.478. The Hall–Kier alpha value is -1.75. The minimum Gasteiger partial charge on any atom is -0.494 e. The van der Waals surface area contributed by atoms with Crippen molar-refractivity contribution in [2.24, 2.45) is 0 Å². The van der Waals surface area contributed by atoms with Crippen molar-refractivity contribution in [3.8, 4) is 11.5 Å². The van der Waals surface area contributed by atoms with Gasteiger partial charge < -0.3 is 14.4 Å². The zero-order valence-corrected chi connectivity index (χ0v) is 17.7. The Morgan fingerprint density at radius 1 is 1.04 bits per heavy atom. The second-order valence-electron chi connectivity index (χ2n) is 7.88. The van der Waals surface area contributed by atoms with E-state index in [4.69, 9.17) is 9.47 Å². The van der Waals surface area contributed by atoms with E-state index in [2.05, 4.69) is 59.3 Å². The number of rotatable bonds is 4. The zero-order chi connectivity index (χ0) is 18.7. The number of likely N-dealkylation sites (tertiary alicyclic amines) is 1. The maximum Gasteiger partial charge on any atom is 0.124 e. The Bertz CT molecular complexity index is 775. The minimum atomic E-state index is -0.0975. The standard InChI is InChI=1S/C23H30N2O2.ClH/c1-3-26-21-10-6-4-8-19(21)16-25-17-20-9-5-7-11-22(20)27-23(18-25)12-14-24(2)15-13-23;/h4-11H,3,12-18H2,1-2H3;1H. The van der Waals surface area contributed by atoms with E-state index in [-0.39, 0.29) is 18.0 Å². The number of hydrogen-bond acceptors (Lipinski definition) is 4. The van der Waals surface area contributed by atoms with Gasteiger partial charge in [-0.2, -0.15) is 0 Å². The molecule has 2 aliphatic rings. The van der Waals surface area contributed by atoms with E-state index < -0.39 is 0 Å². The predicted octanol–water partition coefficient (Wildman–Crippen LogP) is 4.37. The second kappa shape index (κ2) is 9.17. The van der Waals surface area contributed by atoms with E-state index in [1.165, 1.54) is 11.1 Å². The van der Waals surface area contributed by atoms with Crippen LogP contribution >= 0.6 is 12.4 Å². The Morgan fingerprint density at radius 2 is 1.75 bits per heavy atom. The molecule has 2 aliphatic heterocycles. The highest BCUT2D eigenvalue weighted by Crippen LogP contribution is 2.36. The van der Waals surface area contributed by atoms with Crippen molar-refractivity contribution in [2.45, 2.75) is 38.5 Å². The summed E-state index contributed by atoms with van der Waals surface area (Å²) in [6.07, 6.45) is 2.14. The third-order valence-electron chi connectivity index (χ3n) is 5.77. The van der Waals surface area contributed by atoms with Crippen LogP contribution in [-0.2, 0) is 13.1 Å². The van der Waals surface area contributed by atoms with Crippen LogP contribution in [0, 0.1) is 0 Å². The van der Waals surface area contributed by atoms with Gasteiger partial charge in [-0.3, -0.25) is 4.90 Å². The molecule has 5 heteroatoms. The van der Waals surface area contributed by atoms with Gasteiger partial charge in [0.25, 0.3) is 0 Å². The van der Waals surface area contributed by atoms with Crippen molar-refractivity contribution >= 4 is 12.4 Å². The van der Waals surface area contributed by atoms with Crippen molar-refractivity contribution < 1.29 is 9.47 Å². The Morgan fingerprint density at radius 3 is 2.54 bits per heavy atom. The molecule has 0 bridgehead atoms. The molecule has 1 fully saturated rings. The number of halogens is 1. The summed E-state index contributed by atoms with van der Waals surface area (Å²) in [5.74, 6) is 2.05. The molecular weight excluding hydrogens is 372 g/mol. The number of fused-ring (bicyclic) bond motifs is 1. The maximum absolute atomic E-state index is 6.68. The van der Waals surface area contributed by atoms with Crippen molar-refractivity contribution in [3.63, 3.8) is 0 Å². The molecule has 28 heavy (non-hydrogen) atoms. The minimum absolute atomic E-state index is 0. The molecule has 1 saturated heterocycles. The second-order valence-corrected chi connectivity index (χ2v) is 7.88. The number of piperidine rings is 1. The predicted molar refractivity (Wildman–Crippen MR) is 116 cm³/mol. The van der Waals surface area contributed by atoms with Crippen LogP contribution in [0.1, 0.15) is 30.9 Å². The van der Waals surface area contributed by atoms with Crippen LogP contribution in [0.4, 0.5) is 0 Å². The molecule has 2 aromatic rings. The maximum atomic E-state index is 6.68. The highest BCUT2D eigenvalue weighted by Gasteiger charge is 2.40. The monoisotopic (exact) mass is 402 g/mol. The Labute approximate surface area is 174 Å². The normalized spacial score (nSPS) is 19.2. The summed E-state index contributed by atoms with van der Waals surface area (Å²) in [6.45, 7) is 7.66. The summed E-state index contributed by atoms with van der Waals surface area (Å²) >= 11 is 0. The summed E-state index contributed by atoms with van der Waals surface area (Å²) in [5, 5.41) is 0. The topological polar surface area (TPSA) is 24.9 Å². The van der Waals surface area contributed by atoms with Crippen LogP contribution in [0.15, 0.2) is 48.5 Å². The molecule has 2 heterocycles. The third kappa shape index (κ3) is 4.62. The summed E-state index contributed by atoms with van der Waals surface area (Å²) in [6, 6.07) is 16.9. The van der Waals surface area contributed by atoms with E-state index in [0.29, 0.717) is 6.61 Å². The molecule has 2 aromatic carbocycles. The molecule has 0 aliphatic carbocycles. The fourth-order valence-corrected chi connectivity index (χ4v) is 4.27. The Balaban J connectivity index is 0.00000225. The van der Waals surface area contributed by atoms with Crippen LogP contribution in [0.2, 0.25) is 0 Å². The van der Waals surface area contributed by atoms with Gasteiger partial charge in [0.2, 0.25) is 0 Å². The molecule has 0 atom stereocenters. The summed E-state index contributed by atoms with van der Waals surface area (Å²) < 4.78 is 12.5. The number of para-hydroxylation sites is 2. The molecule has 0 aromatic heterocycles. The highest BCUT2D eigenvalue weighted by atomic mass is 35.5. The number of ether oxygens (including phenoxy) is 2. The average Bonchev–Trinajstić information content (AvgIpc) is 2.82. The average molecular weight is 403 g/mol. The van der Waals surface area contributed by atoms with Crippen LogP contribution in [0.3, 0.4) is 0 Å². The summed E-state index contributed by atoms with van der Waals surface area (Å²) in [7, 11) is 2.20. The molecule has 0 radical (unpaired) electrons. The van der Waals surface area contributed by atoms with Crippen molar-refractivity contribution in [3.05, 3.63) is 59.7 Å². The van der Waals surface area contributed by atoms with Gasteiger partial charge in [-0.25, -0.2) is 0 Å². The van der Waals surface area contributed by atoms with Gasteiger partial charge in [-0.05, 0) is 26.1 Å². The summed E-state index contributed by atoms with van der Waals surface area (Å²) in [5.41, 5.74) is 2.43. The number of benzene rings is 2. The van der Waals surface area contributed by atoms with Crippen LogP contribution < -0.4 is 9.47 Å². The molecule has 0 amide bonds. The lowest BCUT2D eigenvalue weighted by Crippen LogP contribution is -2.52. The molecule has 0 N–H and O–H groups in total. The Kier molecular flexibility index (Phi) is 6.86. The van der Waals surface area contributed by atoms with Gasteiger partial charge in [0.15, 0.2) is 0 Å². The number of hydrogen-bond donors (Lipinski definition) is 0. The quantitative estimate of drug-likeness (QED) is 0.758.